The highest BCUT2D eigenvalue weighted by molar-refractivity contribution is 9.10. The third kappa shape index (κ3) is 5.90. The summed E-state index contributed by atoms with van der Waals surface area (Å²) in [7, 11) is 3.99. The summed E-state index contributed by atoms with van der Waals surface area (Å²) in [6.45, 7) is 4.08. The molecule has 0 aliphatic rings. The first-order valence-corrected chi connectivity index (χ1v) is 9.63. The van der Waals surface area contributed by atoms with Crippen molar-refractivity contribution in [2.75, 3.05) is 24.7 Å². The van der Waals surface area contributed by atoms with Gasteiger partial charge in [-0.2, -0.15) is 5.10 Å². The lowest BCUT2D eigenvalue weighted by molar-refractivity contribution is -0.118. The van der Waals surface area contributed by atoms with Crippen LogP contribution in [0.2, 0.25) is 0 Å². The predicted octanol–water partition coefficient (Wildman–Crippen LogP) is 4.37. The number of halogens is 1. The fraction of sp³-hybridized carbons (Fsp3) is 0.263. The van der Waals surface area contributed by atoms with Gasteiger partial charge in [0, 0.05) is 29.2 Å². The number of nitrogens with one attached hydrogen (secondary N) is 1. The van der Waals surface area contributed by atoms with E-state index in [1.165, 1.54) is 11.8 Å². The number of aryl methyl sites for hydroxylation is 2. The number of amides is 1. The molecule has 2 aromatic rings. The predicted molar refractivity (Wildman–Crippen MR) is 111 cm³/mol. The van der Waals surface area contributed by atoms with Crippen molar-refractivity contribution in [2.45, 2.75) is 18.7 Å². The quantitative estimate of drug-likeness (QED) is 0.429. The minimum atomic E-state index is -0.119. The van der Waals surface area contributed by atoms with E-state index in [1.54, 1.807) is 6.21 Å². The first-order chi connectivity index (χ1) is 11.9. The van der Waals surface area contributed by atoms with Crippen LogP contribution in [0.15, 0.2) is 50.9 Å². The first-order valence-electron chi connectivity index (χ1n) is 7.85. The van der Waals surface area contributed by atoms with Crippen LogP contribution in [0.25, 0.3) is 0 Å². The van der Waals surface area contributed by atoms with Gasteiger partial charge in [-0.1, -0.05) is 28.1 Å². The van der Waals surface area contributed by atoms with E-state index < -0.39 is 0 Å². The van der Waals surface area contributed by atoms with E-state index in [4.69, 9.17) is 0 Å². The molecule has 0 radical (unpaired) electrons. The molecule has 25 heavy (non-hydrogen) atoms. The number of carbonyl (C=O) groups is 1. The molecule has 1 amide bonds. The lowest BCUT2D eigenvalue weighted by Gasteiger charge is -2.11. The van der Waals surface area contributed by atoms with Crippen LogP contribution in [-0.2, 0) is 4.79 Å². The number of carbonyl (C=O) groups excluding carboxylic acids is 1. The van der Waals surface area contributed by atoms with Gasteiger partial charge in [-0.15, -0.1) is 11.8 Å². The van der Waals surface area contributed by atoms with E-state index in [1.807, 2.05) is 57.1 Å². The summed E-state index contributed by atoms with van der Waals surface area (Å²) in [5.74, 6) is 0.213. The number of anilines is 1. The number of hydrogen-bond donors (Lipinski definition) is 1. The van der Waals surface area contributed by atoms with Gasteiger partial charge in [-0.3, -0.25) is 4.79 Å². The molecule has 0 saturated carbocycles. The summed E-state index contributed by atoms with van der Waals surface area (Å²) in [5, 5.41) is 4.02. The maximum atomic E-state index is 12.0. The van der Waals surface area contributed by atoms with Crippen molar-refractivity contribution in [3.05, 3.63) is 57.6 Å². The van der Waals surface area contributed by atoms with Crippen LogP contribution in [-0.4, -0.2) is 32.0 Å². The van der Waals surface area contributed by atoms with Gasteiger partial charge in [0.1, 0.15) is 0 Å². The molecule has 0 aliphatic carbocycles. The lowest BCUT2D eigenvalue weighted by atomic mass is 10.2. The third-order valence-corrected chi connectivity index (χ3v) is 5.64. The van der Waals surface area contributed by atoms with Crippen molar-refractivity contribution in [2.24, 2.45) is 5.10 Å². The van der Waals surface area contributed by atoms with Crippen LogP contribution in [0.4, 0.5) is 5.69 Å². The Bertz CT molecular complexity index is 773. The van der Waals surface area contributed by atoms with E-state index in [2.05, 4.69) is 38.6 Å². The van der Waals surface area contributed by atoms with Gasteiger partial charge in [0.15, 0.2) is 0 Å². The standard InChI is InChI=1S/C19H22BrN3OS/c1-13-10-18(14(2)9-17(13)20)25-12-19(24)22-21-11-15-5-7-16(8-6-15)23(3)4/h5-11H,12H2,1-4H3,(H,22,24). The van der Waals surface area contributed by atoms with Gasteiger partial charge in [0.05, 0.1) is 12.0 Å². The summed E-state index contributed by atoms with van der Waals surface area (Å²) in [6.07, 6.45) is 1.65. The average Bonchev–Trinajstić information content (AvgIpc) is 2.57. The van der Waals surface area contributed by atoms with Crippen molar-refractivity contribution >= 4 is 45.5 Å². The number of nitrogens with zero attached hydrogens (tertiary/aromatic N) is 2. The Morgan fingerprint density at radius 3 is 2.52 bits per heavy atom. The van der Waals surface area contributed by atoms with Crippen LogP contribution >= 0.6 is 27.7 Å². The largest absolute Gasteiger partial charge is 0.378 e. The summed E-state index contributed by atoms with van der Waals surface area (Å²) in [6, 6.07) is 12.1. The maximum Gasteiger partial charge on any atom is 0.250 e. The van der Waals surface area contributed by atoms with Crippen LogP contribution in [0.5, 0.6) is 0 Å². The topological polar surface area (TPSA) is 44.7 Å². The summed E-state index contributed by atoms with van der Waals surface area (Å²) in [4.78, 5) is 15.1. The van der Waals surface area contributed by atoms with Gasteiger partial charge in [-0.25, -0.2) is 5.43 Å². The zero-order valence-corrected chi connectivity index (χ0v) is 17.2. The van der Waals surface area contributed by atoms with E-state index in [-0.39, 0.29) is 5.91 Å². The fourth-order valence-corrected chi connectivity index (χ4v) is 3.48. The highest BCUT2D eigenvalue weighted by Crippen LogP contribution is 2.28. The minimum absolute atomic E-state index is 0.119. The van der Waals surface area contributed by atoms with Gasteiger partial charge < -0.3 is 4.90 Å². The molecule has 1 N–H and O–H groups in total. The molecule has 0 saturated heterocycles. The Balaban J connectivity index is 1.85. The van der Waals surface area contributed by atoms with E-state index in [0.717, 1.165) is 31.7 Å². The summed E-state index contributed by atoms with van der Waals surface area (Å²) < 4.78 is 1.09. The molecule has 0 atom stereocenters. The monoisotopic (exact) mass is 419 g/mol. The molecule has 2 rings (SSSR count). The Hall–Kier alpha value is -1.79. The molecule has 0 spiro atoms. The van der Waals surface area contributed by atoms with Crippen molar-refractivity contribution < 1.29 is 4.79 Å². The second-order valence-corrected chi connectivity index (χ2v) is 7.81. The minimum Gasteiger partial charge on any atom is -0.378 e. The van der Waals surface area contributed by atoms with Crippen LogP contribution in [0, 0.1) is 13.8 Å². The Morgan fingerprint density at radius 1 is 1.20 bits per heavy atom. The smallest absolute Gasteiger partial charge is 0.250 e. The average molecular weight is 420 g/mol. The van der Waals surface area contributed by atoms with Crippen LogP contribution < -0.4 is 10.3 Å². The molecule has 0 unspecified atom stereocenters. The fourth-order valence-electron chi connectivity index (χ4n) is 2.12. The van der Waals surface area contributed by atoms with E-state index in [0.29, 0.717) is 5.75 Å². The summed E-state index contributed by atoms with van der Waals surface area (Å²) >= 11 is 5.04. The third-order valence-electron chi connectivity index (χ3n) is 3.63. The lowest BCUT2D eigenvalue weighted by Crippen LogP contribution is -2.19. The molecule has 0 aromatic heterocycles. The first kappa shape index (κ1) is 19.5. The van der Waals surface area contributed by atoms with E-state index in [9.17, 15) is 4.79 Å². The molecule has 0 bridgehead atoms. The van der Waals surface area contributed by atoms with Crippen molar-refractivity contribution in [1.29, 1.82) is 0 Å². The number of hydrogen-bond acceptors (Lipinski definition) is 4. The van der Waals surface area contributed by atoms with Gasteiger partial charge >= 0.3 is 0 Å². The molecule has 6 heteroatoms. The zero-order chi connectivity index (χ0) is 18.4. The molecule has 2 aromatic carbocycles. The number of benzene rings is 2. The van der Waals surface area contributed by atoms with Gasteiger partial charge in [-0.05, 0) is 54.8 Å². The molecule has 132 valence electrons. The normalized spacial score (nSPS) is 10.9. The summed E-state index contributed by atoms with van der Waals surface area (Å²) in [5.41, 5.74) is 6.95. The highest BCUT2D eigenvalue weighted by atomic mass is 79.9. The number of hydrazone groups is 1. The Morgan fingerprint density at radius 2 is 1.88 bits per heavy atom. The molecule has 0 heterocycles. The van der Waals surface area contributed by atoms with Crippen molar-refractivity contribution in [3.63, 3.8) is 0 Å². The van der Waals surface area contributed by atoms with Gasteiger partial charge in [0.25, 0.3) is 0 Å². The maximum absolute atomic E-state index is 12.0. The molecular formula is C19H22BrN3OS. The van der Waals surface area contributed by atoms with Gasteiger partial charge in [0.2, 0.25) is 5.91 Å². The Labute approximate surface area is 161 Å². The van der Waals surface area contributed by atoms with Crippen molar-refractivity contribution in [1.82, 2.24) is 5.43 Å². The number of rotatable bonds is 6. The molecule has 4 nitrogen and oxygen atoms in total. The van der Waals surface area contributed by atoms with Crippen LogP contribution in [0.1, 0.15) is 16.7 Å². The second-order valence-electron chi connectivity index (χ2n) is 5.93. The SMILES string of the molecule is Cc1cc(SCC(=O)NN=Cc2ccc(N(C)C)cc2)c(C)cc1Br. The second kappa shape index (κ2) is 9.06. The molecule has 0 aliphatic heterocycles. The molecular weight excluding hydrogens is 398 g/mol. The zero-order valence-electron chi connectivity index (χ0n) is 14.8. The van der Waals surface area contributed by atoms with Crippen LogP contribution in [0.3, 0.4) is 0 Å². The van der Waals surface area contributed by atoms with E-state index >= 15 is 0 Å². The number of thioether (sulfide) groups is 1. The van der Waals surface area contributed by atoms with Crippen molar-refractivity contribution in [3.8, 4) is 0 Å². The highest BCUT2D eigenvalue weighted by Gasteiger charge is 2.06. The molecule has 0 fully saturated rings. The Kier molecular flexibility index (Phi) is 7.08.